The van der Waals surface area contributed by atoms with E-state index in [-0.39, 0.29) is 5.41 Å². The highest BCUT2D eigenvalue weighted by Crippen LogP contribution is 2.31. The monoisotopic (exact) mass is 384 g/mol. The molecule has 0 bridgehead atoms. The van der Waals surface area contributed by atoms with Crippen molar-refractivity contribution in [1.29, 1.82) is 0 Å². The minimum atomic E-state index is -3.56. The molecule has 3 aromatic rings. The van der Waals surface area contributed by atoms with Crippen molar-refractivity contribution < 1.29 is 8.42 Å². The third-order valence-electron chi connectivity index (χ3n) is 5.24. The van der Waals surface area contributed by atoms with Crippen molar-refractivity contribution in [2.24, 2.45) is 5.41 Å². The first-order chi connectivity index (χ1) is 12.7. The van der Waals surface area contributed by atoms with Crippen LogP contribution in [0.4, 0.5) is 0 Å². The molecule has 1 unspecified atom stereocenters. The Bertz CT molecular complexity index is 1020. The zero-order valence-electron chi connectivity index (χ0n) is 16.4. The van der Waals surface area contributed by atoms with Crippen molar-refractivity contribution in [1.82, 2.24) is 10.3 Å². The molecule has 0 radical (unpaired) electrons. The largest absolute Gasteiger partial charge is 0.360 e. The first kappa shape index (κ1) is 19.6. The lowest BCUT2D eigenvalue weighted by molar-refractivity contribution is 0.288. The van der Waals surface area contributed by atoms with Gasteiger partial charge in [0.15, 0.2) is 0 Å². The Morgan fingerprint density at radius 3 is 2.41 bits per heavy atom. The van der Waals surface area contributed by atoms with E-state index in [1.807, 2.05) is 24.3 Å². The Labute approximate surface area is 161 Å². The van der Waals surface area contributed by atoms with Crippen LogP contribution in [0.3, 0.4) is 0 Å². The molecule has 0 fully saturated rings. The van der Waals surface area contributed by atoms with Gasteiger partial charge in [0.25, 0.3) is 0 Å². The molecule has 144 valence electrons. The molecule has 0 spiro atoms. The zero-order chi connectivity index (χ0) is 19.7. The average molecular weight is 385 g/mol. The van der Waals surface area contributed by atoms with Gasteiger partial charge in [-0.3, -0.25) is 0 Å². The molecule has 1 atom stereocenters. The topological polar surface area (TPSA) is 62.0 Å². The highest BCUT2D eigenvalue weighted by molar-refractivity contribution is 7.91. The quantitative estimate of drug-likeness (QED) is 0.654. The normalized spacial score (nSPS) is 13.8. The Morgan fingerprint density at radius 2 is 1.74 bits per heavy atom. The van der Waals surface area contributed by atoms with Gasteiger partial charge in [0.05, 0.1) is 9.79 Å². The van der Waals surface area contributed by atoms with Gasteiger partial charge in [-0.1, -0.05) is 51.1 Å². The molecule has 0 saturated carbocycles. The van der Waals surface area contributed by atoms with Crippen LogP contribution in [-0.2, 0) is 16.3 Å². The molecule has 2 aromatic carbocycles. The summed E-state index contributed by atoms with van der Waals surface area (Å²) in [5, 5.41) is 4.36. The van der Waals surface area contributed by atoms with Crippen molar-refractivity contribution in [2.75, 3.05) is 6.54 Å². The Balaban J connectivity index is 1.94. The number of hydrogen-bond acceptors (Lipinski definition) is 3. The fourth-order valence-corrected chi connectivity index (χ4v) is 4.60. The fraction of sp³-hybridized carbons (Fsp3) is 0.364. The lowest BCUT2D eigenvalue weighted by Gasteiger charge is -2.28. The van der Waals surface area contributed by atoms with E-state index >= 15 is 0 Å². The van der Waals surface area contributed by atoms with Gasteiger partial charge in [-0.15, -0.1) is 0 Å². The van der Waals surface area contributed by atoms with E-state index in [4.69, 9.17) is 0 Å². The number of benzene rings is 2. The van der Waals surface area contributed by atoms with Crippen LogP contribution in [0.5, 0.6) is 0 Å². The van der Waals surface area contributed by atoms with Crippen LogP contribution in [0.2, 0.25) is 0 Å². The zero-order valence-corrected chi connectivity index (χ0v) is 17.2. The number of sulfone groups is 1. The fourth-order valence-electron chi connectivity index (χ4n) is 3.10. The third kappa shape index (κ3) is 4.09. The average Bonchev–Trinajstić information content (AvgIpc) is 3.07. The Morgan fingerprint density at radius 1 is 1.04 bits per heavy atom. The molecule has 0 amide bonds. The summed E-state index contributed by atoms with van der Waals surface area (Å²) in [6.07, 6.45) is 2.38. The molecular weight excluding hydrogens is 356 g/mol. The molecule has 4 nitrogen and oxygen atoms in total. The van der Waals surface area contributed by atoms with Crippen molar-refractivity contribution in [3.63, 3.8) is 0 Å². The second-order valence-corrected chi connectivity index (χ2v) is 10.0. The number of rotatable bonds is 6. The number of nitrogens with one attached hydrogen (secondary N) is 2. The first-order valence-corrected chi connectivity index (χ1v) is 10.8. The van der Waals surface area contributed by atoms with E-state index in [9.17, 15) is 8.42 Å². The van der Waals surface area contributed by atoms with Gasteiger partial charge in [0.1, 0.15) is 0 Å². The maximum absolute atomic E-state index is 13.1. The molecule has 0 saturated heterocycles. The maximum atomic E-state index is 13.1. The molecule has 5 heteroatoms. The van der Waals surface area contributed by atoms with Crippen molar-refractivity contribution in [3.8, 4) is 0 Å². The van der Waals surface area contributed by atoms with Crippen LogP contribution in [0.1, 0.15) is 33.3 Å². The molecule has 2 N–H and O–H groups in total. The number of hydrogen-bond donors (Lipinski definition) is 2. The summed E-state index contributed by atoms with van der Waals surface area (Å²) in [7, 11) is -3.56. The molecular formula is C22H28N2O2S. The summed E-state index contributed by atoms with van der Waals surface area (Å²) in [5.41, 5.74) is 2.07. The van der Waals surface area contributed by atoms with Crippen LogP contribution in [0.25, 0.3) is 10.9 Å². The minimum Gasteiger partial charge on any atom is -0.360 e. The van der Waals surface area contributed by atoms with Gasteiger partial charge in [-0.05, 0) is 49.1 Å². The van der Waals surface area contributed by atoms with Crippen LogP contribution < -0.4 is 5.32 Å². The first-order valence-electron chi connectivity index (χ1n) is 9.34. The van der Waals surface area contributed by atoms with Crippen LogP contribution in [-0.4, -0.2) is 26.0 Å². The summed E-state index contributed by atoms with van der Waals surface area (Å²) in [6, 6.07) is 14.9. The van der Waals surface area contributed by atoms with E-state index in [1.54, 1.807) is 30.5 Å². The lowest BCUT2D eigenvalue weighted by atomic mass is 9.88. The Hall–Kier alpha value is -2.11. The second-order valence-electron chi connectivity index (χ2n) is 8.10. The SMILES string of the molecule is CC(NCCc1cccc2[nH]cc(S(=O)(=O)c3ccccc3)c12)C(C)(C)C. The summed E-state index contributed by atoms with van der Waals surface area (Å²) >= 11 is 0. The smallest absolute Gasteiger partial charge is 0.208 e. The maximum Gasteiger partial charge on any atom is 0.208 e. The molecule has 0 aliphatic carbocycles. The van der Waals surface area contributed by atoms with Crippen LogP contribution in [0, 0.1) is 5.41 Å². The van der Waals surface area contributed by atoms with Crippen molar-refractivity contribution in [2.45, 2.75) is 49.9 Å². The van der Waals surface area contributed by atoms with Gasteiger partial charge in [0, 0.05) is 23.1 Å². The number of aromatic nitrogens is 1. The van der Waals surface area contributed by atoms with Gasteiger partial charge >= 0.3 is 0 Å². The highest BCUT2D eigenvalue weighted by Gasteiger charge is 2.23. The third-order valence-corrected chi connectivity index (χ3v) is 7.04. The summed E-state index contributed by atoms with van der Waals surface area (Å²) in [6.45, 7) is 9.61. The van der Waals surface area contributed by atoms with Crippen LogP contribution >= 0.6 is 0 Å². The van der Waals surface area contributed by atoms with E-state index in [2.05, 4.69) is 38.0 Å². The number of aromatic amines is 1. The van der Waals surface area contributed by atoms with Gasteiger partial charge in [-0.2, -0.15) is 0 Å². The van der Waals surface area contributed by atoms with Crippen LogP contribution in [0.15, 0.2) is 64.5 Å². The standard InChI is InChI=1S/C22H28N2O2S/c1-16(22(2,3)4)23-14-13-17-9-8-12-19-21(17)20(15-24-19)27(25,26)18-10-6-5-7-11-18/h5-12,15-16,23-24H,13-14H2,1-4H3. The molecule has 1 heterocycles. The Kier molecular flexibility index (Phi) is 5.45. The summed E-state index contributed by atoms with van der Waals surface area (Å²) < 4.78 is 26.3. The number of H-pyrrole nitrogens is 1. The molecule has 0 aliphatic heterocycles. The highest BCUT2D eigenvalue weighted by atomic mass is 32.2. The molecule has 0 aliphatic rings. The van der Waals surface area contributed by atoms with E-state index in [0.717, 1.165) is 29.4 Å². The molecule has 1 aromatic heterocycles. The van der Waals surface area contributed by atoms with Crippen molar-refractivity contribution in [3.05, 3.63) is 60.3 Å². The predicted molar refractivity (Wildman–Crippen MR) is 111 cm³/mol. The second kappa shape index (κ2) is 7.49. The summed E-state index contributed by atoms with van der Waals surface area (Å²) in [5.74, 6) is 0. The van der Waals surface area contributed by atoms with E-state index in [1.165, 1.54) is 0 Å². The van der Waals surface area contributed by atoms with E-state index in [0.29, 0.717) is 15.8 Å². The molecule has 27 heavy (non-hydrogen) atoms. The lowest BCUT2D eigenvalue weighted by Crippen LogP contribution is -2.38. The molecule has 3 rings (SSSR count). The van der Waals surface area contributed by atoms with Gasteiger partial charge in [-0.25, -0.2) is 8.42 Å². The number of fused-ring (bicyclic) bond motifs is 1. The summed E-state index contributed by atoms with van der Waals surface area (Å²) in [4.78, 5) is 3.80. The van der Waals surface area contributed by atoms with E-state index < -0.39 is 9.84 Å². The van der Waals surface area contributed by atoms with Gasteiger partial charge < -0.3 is 10.3 Å². The van der Waals surface area contributed by atoms with Crippen molar-refractivity contribution >= 4 is 20.7 Å². The predicted octanol–water partition coefficient (Wildman–Crippen LogP) is 4.57. The van der Waals surface area contributed by atoms with Gasteiger partial charge in [0.2, 0.25) is 9.84 Å². The minimum absolute atomic E-state index is 0.182.